The molecule has 0 bridgehead atoms. The summed E-state index contributed by atoms with van der Waals surface area (Å²) < 4.78 is 0. The van der Waals surface area contributed by atoms with E-state index in [1.54, 1.807) is 0 Å². The molecule has 1 heterocycles. The molecule has 1 aliphatic carbocycles. The predicted octanol–water partition coefficient (Wildman–Crippen LogP) is 1.78. The fourth-order valence-electron chi connectivity index (χ4n) is 2.81. The van der Waals surface area contributed by atoms with Gasteiger partial charge >= 0.3 is 12.0 Å². The zero-order chi connectivity index (χ0) is 13.7. The van der Waals surface area contributed by atoms with E-state index in [-0.39, 0.29) is 18.6 Å². The summed E-state index contributed by atoms with van der Waals surface area (Å²) in [4.78, 5) is 24.6. The minimum Gasteiger partial charge on any atom is -0.480 e. The lowest BCUT2D eigenvalue weighted by Crippen LogP contribution is -2.48. The number of thioether (sulfide) groups is 1. The molecule has 1 aliphatic heterocycles. The minimum atomic E-state index is -0.932. The molecule has 1 saturated heterocycles. The molecule has 0 aromatic heterocycles. The number of rotatable bonds is 5. The Balaban J connectivity index is 1.84. The molecule has 0 spiro atoms. The highest BCUT2D eigenvalue weighted by Crippen LogP contribution is 2.24. The van der Waals surface area contributed by atoms with Gasteiger partial charge in [0.1, 0.15) is 6.54 Å². The number of hydrogen-bond donors (Lipinski definition) is 2. The van der Waals surface area contributed by atoms with Gasteiger partial charge in [0.2, 0.25) is 0 Å². The van der Waals surface area contributed by atoms with Gasteiger partial charge in [-0.1, -0.05) is 12.8 Å². The SMILES string of the molecule is O=C(O)CN(C(=O)NCC1CCSC1)C1CCCC1. The first kappa shape index (κ1) is 14.5. The molecule has 5 nitrogen and oxygen atoms in total. The van der Waals surface area contributed by atoms with Crippen LogP contribution in [0.1, 0.15) is 32.1 Å². The molecule has 2 aliphatic rings. The number of nitrogens with one attached hydrogen (secondary N) is 1. The molecule has 0 aromatic rings. The second-order valence-corrected chi connectivity index (χ2v) is 6.53. The molecule has 0 aromatic carbocycles. The van der Waals surface area contributed by atoms with Crippen molar-refractivity contribution in [3.05, 3.63) is 0 Å². The number of amides is 2. The average molecular weight is 286 g/mol. The fourth-order valence-corrected chi connectivity index (χ4v) is 4.09. The Morgan fingerprint density at radius 1 is 1.26 bits per heavy atom. The first-order valence-corrected chi connectivity index (χ1v) is 8.16. The van der Waals surface area contributed by atoms with Gasteiger partial charge in [-0.25, -0.2) is 4.79 Å². The molecule has 2 N–H and O–H groups in total. The highest BCUT2D eigenvalue weighted by molar-refractivity contribution is 7.99. The van der Waals surface area contributed by atoms with Crippen LogP contribution < -0.4 is 5.32 Å². The summed E-state index contributed by atoms with van der Waals surface area (Å²) in [5.74, 6) is 1.88. The third-order valence-electron chi connectivity index (χ3n) is 3.90. The van der Waals surface area contributed by atoms with E-state index in [1.807, 2.05) is 11.8 Å². The number of carboxylic acid groups (broad SMARTS) is 1. The normalized spacial score (nSPS) is 23.5. The lowest BCUT2D eigenvalue weighted by atomic mass is 10.1. The molecular weight excluding hydrogens is 264 g/mol. The van der Waals surface area contributed by atoms with Crippen LogP contribution in [0.2, 0.25) is 0 Å². The third-order valence-corrected chi connectivity index (χ3v) is 5.13. The van der Waals surface area contributed by atoms with E-state index in [1.165, 1.54) is 10.7 Å². The van der Waals surface area contributed by atoms with E-state index in [2.05, 4.69) is 5.32 Å². The monoisotopic (exact) mass is 286 g/mol. The Morgan fingerprint density at radius 3 is 2.58 bits per heavy atom. The van der Waals surface area contributed by atoms with Gasteiger partial charge in [0, 0.05) is 12.6 Å². The van der Waals surface area contributed by atoms with E-state index < -0.39 is 5.97 Å². The van der Waals surface area contributed by atoms with Gasteiger partial charge in [-0.3, -0.25) is 4.79 Å². The quantitative estimate of drug-likeness (QED) is 0.808. The van der Waals surface area contributed by atoms with E-state index >= 15 is 0 Å². The second kappa shape index (κ2) is 7.03. The molecule has 108 valence electrons. The van der Waals surface area contributed by atoms with Gasteiger partial charge in [-0.05, 0) is 36.7 Å². The summed E-state index contributed by atoms with van der Waals surface area (Å²) in [6, 6.07) is -0.0970. The second-order valence-electron chi connectivity index (χ2n) is 5.38. The number of nitrogens with zero attached hydrogens (tertiary/aromatic N) is 1. The van der Waals surface area contributed by atoms with Crippen molar-refractivity contribution in [3.8, 4) is 0 Å². The Kier molecular flexibility index (Phi) is 5.36. The lowest BCUT2D eigenvalue weighted by Gasteiger charge is -2.28. The Bertz CT molecular complexity index is 326. The first-order valence-electron chi connectivity index (χ1n) is 7.01. The van der Waals surface area contributed by atoms with Crippen LogP contribution >= 0.6 is 11.8 Å². The number of carbonyl (C=O) groups is 2. The summed E-state index contributed by atoms with van der Waals surface area (Å²) in [6.45, 7) is 0.491. The van der Waals surface area contributed by atoms with Gasteiger partial charge < -0.3 is 15.3 Å². The predicted molar refractivity (Wildman–Crippen MR) is 75.4 cm³/mol. The topological polar surface area (TPSA) is 69.6 Å². The van der Waals surface area contributed by atoms with E-state index in [0.717, 1.165) is 37.9 Å². The lowest BCUT2D eigenvalue weighted by molar-refractivity contribution is -0.138. The largest absolute Gasteiger partial charge is 0.480 e. The van der Waals surface area contributed by atoms with Crippen molar-refractivity contribution >= 4 is 23.8 Å². The van der Waals surface area contributed by atoms with Gasteiger partial charge in [0.05, 0.1) is 0 Å². The summed E-state index contributed by atoms with van der Waals surface area (Å²) >= 11 is 1.92. The maximum absolute atomic E-state index is 12.2. The van der Waals surface area contributed by atoms with Crippen molar-refractivity contribution in [2.75, 3.05) is 24.6 Å². The Labute approximate surface area is 118 Å². The fraction of sp³-hybridized carbons (Fsp3) is 0.846. The maximum atomic E-state index is 12.2. The summed E-state index contributed by atoms with van der Waals surface area (Å²) in [7, 11) is 0. The standard InChI is InChI=1S/C13H22N2O3S/c16-12(17)8-15(11-3-1-2-4-11)13(18)14-7-10-5-6-19-9-10/h10-11H,1-9H2,(H,14,18)(H,16,17). The van der Waals surface area contributed by atoms with Crippen LogP contribution in [0.25, 0.3) is 0 Å². The number of aliphatic carboxylic acids is 1. The number of carbonyl (C=O) groups excluding carboxylic acids is 1. The highest BCUT2D eigenvalue weighted by Gasteiger charge is 2.28. The molecule has 2 amide bonds. The molecular formula is C13H22N2O3S. The number of hydrogen-bond acceptors (Lipinski definition) is 3. The smallest absolute Gasteiger partial charge is 0.323 e. The molecule has 0 radical (unpaired) electrons. The van der Waals surface area contributed by atoms with Crippen LogP contribution in [0.4, 0.5) is 4.79 Å². The van der Waals surface area contributed by atoms with Crippen molar-refractivity contribution in [2.45, 2.75) is 38.1 Å². The van der Waals surface area contributed by atoms with Gasteiger partial charge in [0.15, 0.2) is 0 Å². The molecule has 1 unspecified atom stereocenters. The van der Waals surface area contributed by atoms with Gasteiger partial charge in [0.25, 0.3) is 0 Å². The van der Waals surface area contributed by atoms with E-state index in [0.29, 0.717) is 12.5 Å². The number of carboxylic acids is 1. The Hall–Kier alpha value is -0.910. The summed E-state index contributed by atoms with van der Waals surface area (Å²) in [6.07, 6.45) is 5.19. The van der Waals surface area contributed by atoms with Crippen molar-refractivity contribution < 1.29 is 14.7 Å². The van der Waals surface area contributed by atoms with Gasteiger partial charge in [-0.15, -0.1) is 0 Å². The maximum Gasteiger partial charge on any atom is 0.323 e. The van der Waals surface area contributed by atoms with Crippen molar-refractivity contribution in [3.63, 3.8) is 0 Å². The van der Waals surface area contributed by atoms with Crippen LogP contribution in [0.15, 0.2) is 0 Å². The van der Waals surface area contributed by atoms with E-state index in [4.69, 9.17) is 5.11 Å². The summed E-state index contributed by atoms with van der Waals surface area (Å²) in [5, 5.41) is 11.9. The van der Waals surface area contributed by atoms with Crippen LogP contribution in [-0.2, 0) is 4.79 Å². The molecule has 2 rings (SSSR count). The zero-order valence-electron chi connectivity index (χ0n) is 11.1. The first-order chi connectivity index (χ1) is 9.16. The van der Waals surface area contributed by atoms with Crippen LogP contribution in [0.5, 0.6) is 0 Å². The minimum absolute atomic E-state index is 0.106. The average Bonchev–Trinajstić information content (AvgIpc) is 3.05. The molecule has 2 fully saturated rings. The molecule has 19 heavy (non-hydrogen) atoms. The summed E-state index contributed by atoms with van der Waals surface area (Å²) in [5.41, 5.74) is 0. The van der Waals surface area contributed by atoms with Crippen LogP contribution in [0, 0.1) is 5.92 Å². The van der Waals surface area contributed by atoms with E-state index in [9.17, 15) is 9.59 Å². The Morgan fingerprint density at radius 2 is 2.00 bits per heavy atom. The van der Waals surface area contributed by atoms with Gasteiger partial charge in [-0.2, -0.15) is 11.8 Å². The number of urea groups is 1. The molecule has 1 atom stereocenters. The molecule has 1 saturated carbocycles. The van der Waals surface area contributed by atoms with Crippen molar-refractivity contribution in [2.24, 2.45) is 5.92 Å². The van der Waals surface area contributed by atoms with Crippen LogP contribution in [0.3, 0.4) is 0 Å². The van der Waals surface area contributed by atoms with Crippen molar-refractivity contribution in [1.82, 2.24) is 10.2 Å². The third kappa shape index (κ3) is 4.30. The highest BCUT2D eigenvalue weighted by atomic mass is 32.2. The van der Waals surface area contributed by atoms with Crippen molar-refractivity contribution in [1.29, 1.82) is 0 Å². The van der Waals surface area contributed by atoms with Crippen LogP contribution in [-0.4, -0.2) is 52.6 Å². The molecule has 6 heteroatoms. The zero-order valence-corrected chi connectivity index (χ0v) is 12.0.